The zero-order valence-electron chi connectivity index (χ0n) is 18.7. The van der Waals surface area contributed by atoms with Crippen LogP contribution in [0.2, 0.25) is 5.02 Å². The number of aromatic nitrogens is 4. The number of nitrogens with one attached hydrogen (secondary N) is 1. The Balaban J connectivity index is 1.70. The van der Waals surface area contributed by atoms with E-state index in [1.165, 1.54) is 12.1 Å². The van der Waals surface area contributed by atoms with Gasteiger partial charge >= 0.3 is 12.1 Å². The molecule has 10 nitrogen and oxygen atoms in total. The van der Waals surface area contributed by atoms with Gasteiger partial charge in [-0.1, -0.05) is 11.6 Å². The van der Waals surface area contributed by atoms with Gasteiger partial charge in [-0.15, -0.1) is 10.2 Å². The average molecular weight is 492 g/mol. The summed E-state index contributed by atoms with van der Waals surface area (Å²) < 4.78 is 25.5. The number of carbonyl (C=O) groups is 2. The van der Waals surface area contributed by atoms with E-state index in [-0.39, 0.29) is 23.7 Å². The van der Waals surface area contributed by atoms with Crippen LogP contribution in [-0.4, -0.2) is 49.0 Å². The molecule has 0 aliphatic heterocycles. The van der Waals surface area contributed by atoms with Crippen molar-refractivity contribution in [2.75, 3.05) is 0 Å². The minimum Gasteiger partial charge on any atom is -0.481 e. The molecule has 1 heterocycles. The first-order chi connectivity index (χ1) is 16.0. The van der Waals surface area contributed by atoms with E-state index in [4.69, 9.17) is 26.2 Å². The van der Waals surface area contributed by atoms with Gasteiger partial charge in [0, 0.05) is 11.1 Å². The molecule has 1 aromatic heterocycles. The van der Waals surface area contributed by atoms with Gasteiger partial charge in [0.1, 0.15) is 22.9 Å². The van der Waals surface area contributed by atoms with E-state index in [1.54, 1.807) is 51.1 Å². The smallest absolute Gasteiger partial charge is 0.407 e. The van der Waals surface area contributed by atoms with E-state index in [9.17, 15) is 14.0 Å². The maximum atomic E-state index is 14.7. The molecule has 1 atom stereocenters. The highest BCUT2D eigenvalue weighted by Crippen LogP contribution is 2.27. The van der Waals surface area contributed by atoms with Crippen LogP contribution in [0, 0.1) is 5.82 Å². The molecule has 0 saturated heterocycles. The molecule has 0 aliphatic carbocycles. The van der Waals surface area contributed by atoms with Crippen molar-refractivity contribution in [2.24, 2.45) is 0 Å². The number of rotatable bonds is 8. The minimum absolute atomic E-state index is 0.0121. The van der Waals surface area contributed by atoms with Crippen LogP contribution in [0.15, 0.2) is 42.5 Å². The minimum atomic E-state index is -1.14. The van der Waals surface area contributed by atoms with E-state index in [2.05, 4.69) is 20.7 Å². The number of halogens is 2. The van der Waals surface area contributed by atoms with Gasteiger partial charge in [-0.2, -0.15) is 4.80 Å². The number of carbonyl (C=O) groups excluding carboxylic acids is 1. The number of hydrogen-bond acceptors (Lipinski definition) is 7. The number of amides is 1. The molecule has 12 heteroatoms. The van der Waals surface area contributed by atoms with Gasteiger partial charge in [-0.3, -0.25) is 4.79 Å². The SMILES string of the molecule is CC(C)(C)OC(=O)N[C@@H](CC(=O)O)Cn1nnc(-c2ccc(Oc3ccc(Cl)cc3)cc2F)n1. The fraction of sp³-hybridized carbons (Fsp3) is 0.318. The number of ether oxygens (including phenoxy) is 2. The number of tetrazole rings is 1. The molecule has 34 heavy (non-hydrogen) atoms. The van der Waals surface area contributed by atoms with E-state index in [0.29, 0.717) is 10.8 Å². The molecule has 0 spiro atoms. The Labute approximate surface area is 199 Å². The van der Waals surface area contributed by atoms with Crippen LogP contribution in [-0.2, 0) is 16.1 Å². The number of aliphatic carboxylic acids is 1. The second kappa shape index (κ2) is 10.5. The lowest BCUT2D eigenvalue weighted by Crippen LogP contribution is -2.42. The Morgan fingerprint density at radius 2 is 1.85 bits per heavy atom. The first-order valence-electron chi connectivity index (χ1n) is 10.2. The molecule has 0 aliphatic rings. The summed E-state index contributed by atoms with van der Waals surface area (Å²) in [5.41, 5.74) is -0.679. The lowest BCUT2D eigenvalue weighted by Gasteiger charge is -2.22. The fourth-order valence-corrected chi connectivity index (χ4v) is 2.98. The van der Waals surface area contributed by atoms with E-state index >= 15 is 0 Å². The summed E-state index contributed by atoms with van der Waals surface area (Å²) in [5, 5.41) is 24.0. The van der Waals surface area contributed by atoms with Gasteiger partial charge in [0.25, 0.3) is 0 Å². The molecule has 2 N–H and O–H groups in total. The highest BCUT2D eigenvalue weighted by Gasteiger charge is 2.23. The van der Waals surface area contributed by atoms with Gasteiger partial charge in [-0.05, 0) is 62.4 Å². The Bertz CT molecular complexity index is 1160. The number of carboxylic acid groups (broad SMARTS) is 1. The van der Waals surface area contributed by atoms with Gasteiger partial charge in [0.05, 0.1) is 24.6 Å². The van der Waals surface area contributed by atoms with Crippen LogP contribution >= 0.6 is 11.6 Å². The number of hydrogen-bond donors (Lipinski definition) is 2. The maximum absolute atomic E-state index is 14.7. The predicted octanol–water partition coefficient (Wildman–Crippen LogP) is 4.29. The summed E-state index contributed by atoms with van der Waals surface area (Å²) >= 11 is 5.84. The van der Waals surface area contributed by atoms with Crippen LogP contribution in [0.3, 0.4) is 0 Å². The topological polar surface area (TPSA) is 128 Å². The average Bonchev–Trinajstić information content (AvgIpc) is 3.16. The molecular weight excluding hydrogens is 469 g/mol. The van der Waals surface area contributed by atoms with Gasteiger partial charge < -0.3 is 19.9 Å². The Kier molecular flexibility index (Phi) is 7.67. The Morgan fingerprint density at radius 1 is 1.18 bits per heavy atom. The molecule has 0 saturated carbocycles. The summed E-state index contributed by atoms with van der Waals surface area (Å²) in [7, 11) is 0. The quantitative estimate of drug-likeness (QED) is 0.477. The number of benzene rings is 2. The van der Waals surface area contributed by atoms with Crippen molar-refractivity contribution in [2.45, 2.75) is 45.4 Å². The van der Waals surface area contributed by atoms with Gasteiger partial charge in [-0.25, -0.2) is 9.18 Å². The normalized spacial score (nSPS) is 12.1. The second-order valence-electron chi connectivity index (χ2n) is 8.31. The van der Waals surface area contributed by atoms with Crippen LogP contribution in [0.1, 0.15) is 27.2 Å². The van der Waals surface area contributed by atoms with Crippen LogP contribution in [0.5, 0.6) is 11.5 Å². The van der Waals surface area contributed by atoms with Crippen LogP contribution in [0.4, 0.5) is 9.18 Å². The Hall–Kier alpha value is -3.73. The van der Waals surface area contributed by atoms with Crippen molar-refractivity contribution < 1.29 is 28.6 Å². The first kappa shape index (κ1) is 24.9. The summed E-state index contributed by atoms with van der Waals surface area (Å²) in [5.74, 6) is -1.03. The summed E-state index contributed by atoms with van der Waals surface area (Å²) in [6, 6.07) is 9.90. The number of nitrogens with zero attached hydrogens (tertiary/aromatic N) is 4. The zero-order chi connectivity index (χ0) is 24.9. The molecule has 3 aromatic rings. The summed E-state index contributed by atoms with van der Waals surface area (Å²) in [4.78, 5) is 24.3. The molecular formula is C22H23ClFN5O5. The number of carboxylic acids is 1. The first-order valence-corrected chi connectivity index (χ1v) is 10.6. The fourth-order valence-electron chi connectivity index (χ4n) is 2.85. The van der Waals surface area contributed by atoms with E-state index in [1.807, 2.05) is 0 Å². The highest BCUT2D eigenvalue weighted by molar-refractivity contribution is 6.30. The van der Waals surface area contributed by atoms with Crippen molar-refractivity contribution in [1.82, 2.24) is 25.5 Å². The van der Waals surface area contributed by atoms with E-state index < -0.39 is 35.9 Å². The molecule has 180 valence electrons. The summed E-state index contributed by atoms with van der Waals surface area (Å²) in [6.07, 6.45) is -1.18. The molecule has 0 unspecified atom stereocenters. The third kappa shape index (κ3) is 7.41. The summed E-state index contributed by atoms with van der Waals surface area (Å²) in [6.45, 7) is 4.94. The van der Waals surface area contributed by atoms with E-state index in [0.717, 1.165) is 4.80 Å². The largest absolute Gasteiger partial charge is 0.481 e. The second-order valence-corrected chi connectivity index (χ2v) is 8.74. The maximum Gasteiger partial charge on any atom is 0.407 e. The molecule has 0 bridgehead atoms. The molecule has 0 fully saturated rings. The third-order valence-electron chi connectivity index (χ3n) is 4.21. The Morgan fingerprint density at radius 3 is 2.47 bits per heavy atom. The van der Waals surface area contributed by atoms with Crippen molar-refractivity contribution in [1.29, 1.82) is 0 Å². The standard InChI is InChI=1S/C22H23ClFN5O5/c1-22(2,3)34-21(32)25-14(10-19(30)31)12-29-27-20(26-28-29)17-9-8-16(11-18(17)24)33-15-6-4-13(23)5-7-15/h4-9,11,14H,10,12H2,1-3H3,(H,25,32)(H,30,31)/t14-/m0/s1. The predicted molar refractivity (Wildman–Crippen MR) is 120 cm³/mol. The molecule has 3 rings (SSSR count). The number of alkyl carbamates (subject to hydrolysis) is 1. The third-order valence-corrected chi connectivity index (χ3v) is 4.46. The van der Waals surface area contributed by atoms with Gasteiger partial charge in [0.15, 0.2) is 0 Å². The molecule has 1 amide bonds. The van der Waals surface area contributed by atoms with Gasteiger partial charge in [0.2, 0.25) is 5.82 Å². The van der Waals surface area contributed by atoms with Crippen LogP contribution < -0.4 is 10.1 Å². The molecule has 0 radical (unpaired) electrons. The lowest BCUT2D eigenvalue weighted by molar-refractivity contribution is -0.137. The zero-order valence-corrected chi connectivity index (χ0v) is 19.4. The van der Waals surface area contributed by atoms with Crippen molar-refractivity contribution >= 4 is 23.7 Å². The van der Waals surface area contributed by atoms with Crippen LogP contribution in [0.25, 0.3) is 11.4 Å². The lowest BCUT2D eigenvalue weighted by atomic mass is 10.2. The highest BCUT2D eigenvalue weighted by atomic mass is 35.5. The van der Waals surface area contributed by atoms with Crippen molar-refractivity contribution in [3.05, 3.63) is 53.3 Å². The molecule has 2 aromatic carbocycles. The monoisotopic (exact) mass is 491 g/mol. The van der Waals surface area contributed by atoms with Crippen molar-refractivity contribution in [3.63, 3.8) is 0 Å². The van der Waals surface area contributed by atoms with Crippen molar-refractivity contribution in [3.8, 4) is 22.9 Å².